The lowest BCUT2D eigenvalue weighted by Crippen LogP contribution is -2.39. The molecule has 1 aliphatic rings. The number of nitro groups is 1. The van der Waals surface area contributed by atoms with E-state index in [1.54, 1.807) is 6.07 Å². The van der Waals surface area contributed by atoms with Crippen molar-refractivity contribution in [3.8, 4) is 5.75 Å². The Morgan fingerprint density at radius 3 is 2.52 bits per heavy atom. The van der Waals surface area contributed by atoms with Crippen molar-refractivity contribution in [2.45, 2.75) is 6.10 Å². The first-order valence-corrected chi connectivity index (χ1v) is 8.89. The zero-order valence-corrected chi connectivity index (χ0v) is 15.1. The number of benzene rings is 3. The Hall–Kier alpha value is -3.78. The van der Waals surface area contributed by atoms with E-state index in [2.05, 4.69) is 0 Å². The van der Waals surface area contributed by atoms with Crippen LogP contribution in [0, 0.1) is 10.1 Å². The quantitative estimate of drug-likeness (QED) is 0.392. The number of amides is 2. The molecule has 0 aromatic heterocycles. The maximum Gasteiger partial charge on any atom is 0.282 e. The first-order chi connectivity index (χ1) is 14.0. The summed E-state index contributed by atoms with van der Waals surface area (Å²) in [6.45, 7) is -0.467. The summed E-state index contributed by atoms with van der Waals surface area (Å²) < 4.78 is 5.59. The van der Waals surface area contributed by atoms with Crippen molar-refractivity contribution in [1.29, 1.82) is 0 Å². The number of aliphatic hydroxyl groups is 1. The van der Waals surface area contributed by atoms with Crippen molar-refractivity contribution >= 4 is 28.3 Å². The van der Waals surface area contributed by atoms with Crippen LogP contribution in [0.3, 0.4) is 0 Å². The lowest BCUT2D eigenvalue weighted by molar-refractivity contribution is -0.385. The summed E-state index contributed by atoms with van der Waals surface area (Å²) in [4.78, 5) is 36.3. The third-order valence-electron chi connectivity index (χ3n) is 4.73. The van der Waals surface area contributed by atoms with E-state index >= 15 is 0 Å². The van der Waals surface area contributed by atoms with E-state index in [9.17, 15) is 24.8 Å². The molecule has 29 heavy (non-hydrogen) atoms. The van der Waals surface area contributed by atoms with Crippen LogP contribution in [0.5, 0.6) is 5.75 Å². The summed E-state index contributed by atoms with van der Waals surface area (Å²) in [7, 11) is 0. The largest absolute Gasteiger partial charge is 0.491 e. The second-order valence-electron chi connectivity index (χ2n) is 6.65. The Kier molecular flexibility index (Phi) is 4.69. The Morgan fingerprint density at radius 2 is 1.76 bits per heavy atom. The summed E-state index contributed by atoms with van der Waals surface area (Å²) in [5.74, 6) is -0.916. The van der Waals surface area contributed by atoms with Crippen molar-refractivity contribution in [2.24, 2.45) is 0 Å². The smallest absolute Gasteiger partial charge is 0.282 e. The van der Waals surface area contributed by atoms with Gasteiger partial charge in [-0.1, -0.05) is 36.4 Å². The summed E-state index contributed by atoms with van der Waals surface area (Å²) in [6, 6.07) is 17.1. The summed E-state index contributed by atoms with van der Waals surface area (Å²) in [6.07, 6.45) is -1.15. The van der Waals surface area contributed by atoms with Gasteiger partial charge in [-0.15, -0.1) is 0 Å². The number of nitrogens with zero attached hydrogens (tertiary/aromatic N) is 2. The number of carbonyl (C=O) groups is 2. The van der Waals surface area contributed by atoms with Crippen LogP contribution in [0.25, 0.3) is 10.8 Å². The number of hydrogen-bond acceptors (Lipinski definition) is 6. The first-order valence-electron chi connectivity index (χ1n) is 8.89. The van der Waals surface area contributed by atoms with Gasteiger partial charge in [0.1, 0.15) is 24.0 Å². The van der Waals surface area contributed by atoms with Crippen LogP contribution in [-0.4, -0.2) is 46.0 Å². The van der Waals surface area contributed by atoms with Crippen molar-refractivity contribution in [3.63, 3.8) is 0 Å². The highest BCUT2D eigenvalue weighted by atomic mass is 16.6. The number of rotatable bonds is 6. The average molecular weight is 392 g/mol. The van der Waals surface area contributed by atoms with Crippen LogP contribution in [-0.2, 0) is 0 Å². The third kappa shape index (κ3) is 3.41. The second kappa shape index (κ2) is 7.33. The van der Waals surface area contributed by atoms with E-state index in [0.717, 1.165) is 15.7 Å². The summed E-state index contributed by atoms with van der Waals surface area (Å²) in [5, 5.41) is 23.4. The van der Waals surface area contributed by atoms with E-state index in [0.29, 0.717) is 5.75 Å². The van der Waals surface area contributed by atoms with Gasteiger partial charge in [0, 0.05) is 6.07 Å². The number of fused-ring (bicyclic) bond motifs is 2. The summed E-state index contributed by atoms with van der Waals surface area (Å²) >= 11 is 0. The van der Waals surface area contributed by atoms with Gasteiger partial charge in [0.25, 0.3) is 17.5 Å². The number of carbonyl (C=O) groups excluding carboxylic acids is 2. The molecule has 1 aliphatic heterocycles. The Morgan fingerprint density at radius 1 is 1.00 bits per heavy atom. The lowest BCUT2D eigenvalue weighted by atomic mass is 10.1. The van der Waals surface area contributed by atoms with Crippen LogP contribution < -0.4 is 4.74 Å². The van der Waals surface area contributed by atoms with E-state index in [1.165, 1.54) is 18.2 Å². The van der Waals surface area contributed by atoms with Crippen molar-refractivity contribution < 1.29 is 24.4 Å². The molecule has 1 atom stereocenters. The van der Waals surface area contributed by atoms with Crippen LogP contribution in [0.4, 0.5) is 5.69 Å². The van der Waals surface area contributed by atoms with Gasteiger partial charge in [-0.05, 0) is 29.0 Å². The number of nitro benzene ring substituents is 1. The van der Waals surface area contributed by atoms with Crippen molar-refractivity contribution in [3.05, 3.63) is 81.9 Å². The van der Waals surface area contributed by atoms with E-state index < -0.39 is 28.5 Å². The number of ether oxygens (including phenoxy) is 1. The molecule has 1 heterocycles. The lowest BCUT2D eigenvalue weighted by Gasteiger charge is -2.19. The number of aliphatic hydroxyl groups excluding tert-OH is 1. The zero-order valence-electron chi connectivity index (χ0n) is 15.1. The average Bonchev–Trinajstić information content (AvgIpc) is 2.97. The van der Waals surface area contributed by atoms with E-state index in [4.69, 9.17) is 4.74 Å². The third-order valence-corrected chi connectivity index (χ3v) is 4.73. The van der Waals surface area contributed by atoms with Crippen molar-refractivity contribution in [2.75, 3.05) is 13.2 Å². The molecule has 0 saturated carbocycles. The number of β-amino-alcohol motifs (C(OH)–C–C–N with tert-alkyl or cyclic N) is 1. The van der Waals surface area contributed by atoms with Crippen LogP contribution in [0.2, 0.25) is 0 Å². The molecule has 3 aromatic rings. The molecule has 1 N–H and O–H groups in total. The van der Waals surface area contributed by atoms with Gasteiger partial charge in [-0.3, -0.25) is 24.6 Å². The Labute approximate surface area is 165 Å². The Balaban J connectivity index is 1.45. The molecular formula is C21H16N2O6. The highest BCUT2D eigenvalue weighted by Gasteiger charge is 2.41. The fourth-order valence-corrected chi connectivity index (χ4v) is 3.35. The van der Waals surface area contributed by atoms with Gasteiger partial charge in [-0.25, -0.2) is 0 Å². The molecule has 8 heteroatoms. The first kappa shape index (κ1) is 18.6. The normalized spacial score (nSPS) is 14.2. The number of hydrogen-bond donors (Lipinski definition) is 1. The topological polar surface area (TPSA) is 110 Å². The van der Waals surface area contributed by atoms with Gasteiger partial charge in [0.15, 0.2) is 0 Å². The van der Waals surface area contributed by atoms with E-state index in [-0.39, 0.29) is 24.3 Å². The van der Waals surface area contributed by atoms with E-state index in [1.807, 2.05) is 36.4 Å². The SMILES string of the molecule is O=C1c2cccc([N+](=O)[O-])c2C(=O)N1CC(O)COc1ccc2ccccc2c1. The zero-order chi connectivity index (χ0) is 20.5. The van der Waals surface area contributed by atoms with Gasteiger partial charge in [0.2, 0.25) is 0 Å². The monoisotopic (exact) mass is 392 g/mol. The fourth-order valence-electron chi connectivity index (χ4n) is 3.35. The minimum Gasteiger partial charge on any atom is -0.491 e. The molecule has 3 aromatic carbocycles. The van der Waals surface area contributed by atoms with Crippen LogP contribution in [0.15, 0.2) is 60.7 Å². The molecular weight excluding hydrogens is 376 g/mol. The maximum absolute atomic E-state index is 12.5. The number of imide groups is 1. The predicted molar refractivity (Wildman–Crippen MR) is 104 cm³/mol. The standard InChI is InChI=1S/C21H16N2O6/c24-15(12-29-16-9-8-13-4-1-2-5-14(13)10-16)11-22-20(25)17-6-3-7-18(23(27)28)19(17)21(22)26/h1-10,15,24H,11-12H2. The fraction of sp³-hybridized carbons (Fsp3) is 0.143. The molecule has 1 unspecified atom stereocenters. The van der Waals surface area contributed by atoms with Crippen molar-refractivity contribution in [1.82, 2.24) is 4.90 Å². The molecule has 0 radical (unpaired) electrons. The highest BCUT2D eigenvalue weighted by molar-refractivity contribution is 6.23. The Bertz CT molecular complexity index is 1140. The molecule has 0 bridgehead atoms. The van der Waals surface area contributed by atoms with Crippen LogP contribution in [0.1, 0.15) is 20.7 Å². The molecule has 0 aliphatic carbocycles. The molecule has 0 spiro atoms. The second-order valence-corrected chi connectivity index (χ2v) is 6.65. The minimum atomic E-state index is -1.15. The van der Waals surface area contributed by atoms with Gasteiger partial charge < -0.3 is 9.84 Å². The predicted octanol–water partition coefficient (Wildman–Crippen LogP) is 2.78. The molecule has 146 valence electrons. The van der Waals surface area contributed by atoms with Gasteiger partial charge >= 0.3 is 0 Å². The maximum atomic E-state index is 12.5. The highest BCUT2D eigenvalue weighted by Crippen LogP contribution is 2.30. The molecule has 0 saturated heterocycles. The molecule has 4 rings (SSSR count). The summed E-state index contributed by atoms with van der Waals surface area (Å²) in [5.41, 5.74) is -0.706. The molecule has 8 nitrogen and oxygen atoms in total. The minimum absolute atomic E-state index is 0.0353. The molecule has 0 fully saturated rings. The molecule has 2 amide bonds. The van der Waals surface area contributed by atoms with Crippen LogP contribution >= 0.6 is 0 Å². The van der Waals surface area contributed by atoms with Gasteiger partial charge in [0.05, 0.1) is 17.0 Å². The van der Waals surface area contributed by atoms with Gasteiger partial charge in [-0.2, -0.15) is 0 Å².